The Bertz CT molecular complexity index is 1250. The molecule has 172 valence electrons. The van der Waals surface area contributed by atoms with Crippen LogP contribution in [0.2, 0.25) is 0 Å². The van der Waals surface area contributed by atoms with E-state index in [1.54, 1.807) is 66.7 Å². The summed E-state index contributed by atoms with van der Waals surface area (Å²) in [6, 6.07) is 20.9. The molecule has 0 aromatic heterocycles. The Hall–Kier alpha value is -4.24. The standard InChI is InChI=1S/C25H21N3O6/c1-2-33-18-14-12-16(13-15-18)26-24(29)21-22(19-10-6-7-11-20(19)28(31)32)27(34-23(21)25(26)30)17-8-4-3-5-9-17/h3-15,21-23H,2H2,1H3/t21-,22-,23-/m1/s1. The molecule has 2 aliphatic heterocycles. The number of benzene rings is 3. The Kier molecular flexibility index (Phi) is 5.46. The van der Waals surface area contributed by atoms with Crippen LogP contribution in [0, 0.1) is 16.0 Å². The molecule has 0 N–H and O–H groups in total. The number of amides is 2. The largest absolute Gasteiger partial charge is 0.494 e. The number of hydrogen-bond acceptors (Lipinski definition) is 7. The van der Waals surface area contributed by atoms with Gasteiger partial charge in [-0.1, -0.05) is 30.3 Å². The van der Waals surface area contributed by atoms with Crippen LogP contribution in [-0.2, 0) is 14.4 Å². The molecule has 5 rings (SSSR count). The van der Waals surface area contributed by atoms with Crippen molar-refractivity contribution in [1.29, 1.82) is 0 Å². The highest BCUT2D eigenvalue weighted by Crippen LogP contribution is 2.49. The van der Waals surface area contributed by atoms with Gasteiger partial charge in [0, 0.05) is 6.07 Å². The third-order valence-corrected chi connectivity index (χ3v) is 5.98. The van der Waals surface area contributed by atoms with E-state index in [1.165, 1.54) is 11.1 Å². The Balaban J connectivity index is 1.58. The number of anilines is 2. The summed E-state index contributed by atoms with van der Waals surface area (Å²) in [6.07, 6.45) is -1.11. The third kappa shape index (κ3) is 3.46. The molecule has 0 saturated carbocycles. The van der Waals surface area contributed by atoms with Crippen LogP contribution in [0.5, 0.6) is 5.75 Å². The molecular weight excluding hydrogens is 438 g/mol. The summed E-state index contributed by atoms with van der Waals surface area (Å²) >= 11 is 0. The van der Waals surface area contributed by atoms with Gasteiger partial charge >= 0.3 is 0 Å². The minimum Gasteiger partial charge on any atom is -0.494 e. The Morgan fingerprint density at radius 2 is 1.59 bits per heavy atom. The van der Waals surface area contributed by atoms with Gasteiger partial charge < -0.3 is 4.74 Å². The number of nitrogens with zero attached hydrogens (tertiary/aromatic N) is 3. The maximum atomic E-state index is 13.6. The van der Waals surface area contributed by atoms with Gasteiger partial charge in [-0.15, -0.1) is 0 Å². The van der Waals surface area contributed by atoms with Gasteiger partial charge in [0.2, 0.25) is 5.91 Å². The number of hydroxylamine groups is 1. The molecule has 34 heavy (non-hydrogen) atoms. The van der Waals surface area contributed by atoms with Crippen molar-refractivity contribution >= 4 is 28.9 Å². The van der Waals surface area contributed by atoms with Crippen LogP contribution in [0.25, 0.3) is 0 Å². The number of carbonyl (C=O) groups excluding carboxylic acids is 2. The van der Waals surface area contributed by atoms with Crippen molar-refractivity contribution < 1.29 is 24.1 Å². The van der Waals surface area contributed by atoms with E-state index in [9.17, 15) is 19.7 Å². The molecule has 2 saturated heterocycles. The van der Waals surface area contributed by atoms with E-state index in [0.29, 0.717) is 29.3 Å². The van der Waals surface area contributed by atoms with Crippen LogP contribution >= 0.6 is 0 Å². The van der Waals surface area contributed by atoms with Gasteiger partial charge in [0.05, 0.1) is 28.5 Å². The zero-order valence-electron chi connectivity index (χ0n) is 18.2. The van der Waals surface area contributed by atoms with Crippen molar-refractivity contribution in [2.24, 2.45) is 5.92 Å². The summed E-state index contributed by atoms with van der Waals surface area (Å²) in [5, 5.41) is 13.3. The van der Waals surface area contributed by atoms with Crippen molar-refractivity contribution in [3.8, 4) is 5.75 Å². The molecule has 0 unspecified atom stereocenters. The van der Waals surface area contributed by atoms with Crippen LogP contribution in [-0.4, -0.2) is 29.4 Å². The fourth-order valence-corrected chi connectivity index (χ4v) is 4.55. The SMILES string of the molecule is CCOc1ccc(N2C(=O)[C@@H]3[C@@H](c4ccccc4[N+](=O)[O-])N(c4ccccc4)O[C@H]3C2=O)cc1. The lowest BCUT2D eigenvalue weighted by molar-refractivity contribution is -0.385. The van der Waals surface area contributed by atoms with Crippen molar-refractivity contribution in [3.05, 3.63) is 94.5 Å². The van der Waals surface area contributed by atoms with Crippen molar-refractivity contribution in [2.75, 3.05) is 16.6 Å². The number of carbonyl (C=O) groups is 2. The van der Waals surface area contributed by atoms with Crippen molar-refractivity contribution in [2.45, 2.75) is 19.1 Å². The lowest BCUT2D eigenvalue weighted by atomic mass is 9.89. The molecule has 0 bridgehead atoms. The van der Waals surface area contributed by atoms with Gasteiger partial charge in [-0.05, 0) is 49.4 Å². The molecule has 0 aliphatic carbocycles. The average Bonchev–Trinajstić information content (AvgIpc) is 3.36. The number of nitro groups is 1. The van der Waals surface area contributed by atoms with Gasteiger partial charge in [-0.25, -0.2) is 9.96 Å². The minimum absolute atomic E-state index is 0.141. The topological polar surface area (TPSA) is 102 Å². The van der Waals surface area contributed by atoms with E-state index in [4.69, 9.17) is 9.57 Å². The number of rotatable bonds is 6. The molecule has 0 radical (unpaired) electrons. The Morgan fingerprint density at radius 1 is 0.912 bits per heavy atom. The summed E-state index contributed by atoms with van der Waals surface area (Å²) in [4.78, 5) is 45.5. The fourth-order valence-electron chi connectivity index (χ4n) is 4.55. The van der Waals surface area contributed by atoms with E-state index in [0.717, 1.165) is 4.90 Å². The lowest BCUT2D eigenvalue weighted by Gasteiger charge is -2.28. The number of imide groups is 1. The molecule has 0 spiro atoms. The summed E-state index contributed by atoms with van der Waals surface area (Å²) in [6.45, 7) is 2.35. The normalized spacial score (nSPS) is 21.6. The van der Waals surface area contributed by atoms with Crippen molar-refractivity contribution in [1.82, 2.24) is 0 Å². The number of ether oxygens (including phenoxy) is 1. The molecule has 3 aromatic rings. The molecule has 2 amide bonds. The van der Waals surface area contributed by atoms with Crippen LogP contribution < -0.4 is 14.7 Å². The molecular formula is C25H21N3O6. The van der Waals surface area contributed by atoms with Crippen LogP contribution in [0.15, 0.2) is 78.9 Å². The van der Waals surface area contributed by atoms with Gasteiger partial charge in [0.1, 0.15) is 17.7 Å². The van der Waals surface area contributed by atoms with Crippen LogP contribution in [0.4, 0.5) is 17.1 Å². The zero-order valence-corrected chi connectivity index (χ0v) is 18.2. The smallest absolute Gasteiger partial charge is 0.274 e. The number of nitro benzene ring substituents is 1. The molecule has 3 atom stereocenters. The van der Waals surface area contributed by atoms with Crippen molar-refractivity contribution in [3.63, 3.8) is 0 Å². The van der Waals surface area contributed by atoms with E-state index in [1.807, 2.05) is 13.0 Å². The number of para-hydroxylation sites is 2. The highest BCUT2D eigenvalue weighted by atomic mass is 16.7. The molecule has 9 heteroatoms. The Morgan fingerprint density at radius 3 is 2.26 bits per heavy atom. The van der Waals surface area contributed by atoms with Crippen LogP contribution in [0.3, 0.4) is 0 Å². The molecule has 2 aliphatic rings. The first-order valence-electron chi connectivity index (χ1n) is 10.9. The first kappa shape index (κ1) is 21.6. The van der Waals surface area contributed by atoms with Gasteiger partial charge in [0.25, 0.3) is 11.6 Å². The van der Waals surface area contributed by atoms with Gasteiger partial charge in [-0.2, -0.15) is 0 Å². The molecule has 2 fully saturated rings. The first-order valence-corrected chi connectivity index (χ1v) is 10.9. The summed E-state index contributed by atoms with van der Waals surface area (Å²) in [5.41, 5.74) is 1.15. The average molecular weight is 459 g/mol. The summed E-state index contributed by atoms with van der Waals surface area (Å²) < 4.78 is 5.44. The zero-order chi connectivity index (χ0) is 23.8. The maximum absolute atomic E-state index is 13.6. The quantitative estimate of drug-likeness (QED) is 0.311. The van der Waals surface area contributed by atoms with E-state index in [2.05, 4.69) is 0 Å². The number of hydrogen-bond donors (Lipinski definition) is 0. The minimum atomic E-state index is -1.11. The maximum Gasteiger partial charge on any atom is 0.274 e. The third-order valence-electron chi connectivity index (χ3n) is 5.98. The molecule has 9 nitrogen and oxygen atoms in total. The molecule has 2 heterocycles. The second-order valence-electron chi connectivity index (χ2n) is 7.91. The lowest BCUT2D eigenvalue weighted by Crippen LogP contribution is -2.37. The van der Waals surface area contributed by atoms with E-state index < -0.39 is 34.8 Å². The molecule has 3 aromatic carbocycles. The second kappa shape index (κ2) is 8.60. The number of fused-ring (bicyclic) bond motifs is 1. The van der Waals surface area contributed by atoms with Gasteiger partial charge in [-0.3, -0.25) is 24.5 Å². The highest BCUT2D eigenvalue weighted by Gasteiger charge is 2.61. The van der Waals surface area contributed by atoms with Gasteiger partial charge in [0.15, 0.2) is 6.10 Å². The predicted octanol–water partition coefficient (Wildman–Crippen LogP) is 4.04. The van der Waals surface area contributed by atoms with E-state index in [-0.39, 0.29) is 5.69 Å². The monoisotopic (exact) mass is 459 g/mol. The predicted molar refractivity (Wildman–Crippen MR) is 123 cm³/mol. The second-order valence-corrected chi connectivity index (χ2v) is 7.91. The highest BCUT2D eigenvalue weighted by molar-refractivity contribution is 6.24. The van der Waals surface area contributed by atoms with E-state index >= 15 is 0 Å². The fraction of sp³-hybridized carbons (Fsp3) is 0.200. The first-order chi connectivity index (χ1) is 16.5. The summed E-state index contributed by atoms with van der Waals surface area (Å²) in [7, 11) is 0. The van der Waals surface area contributed by atoms with Crippen LogP contribution in [0.1, 0.15) is 18.5 Å². The summed E-state index contributed by atoms with van der Waals surface area (Å²) in [5.74, 6) is -1.32. The Labute approximate surface area is 195 Å².